The van der Waals surface area contributed by atoms with E-state index in [0.717, 1.165) is 23.6 Å². The van der Waals surface area contributed by atoms with Crippen LogP contribution in [0.25, 0.3) is 0 Å². The van der Waals surface area contributed by atoms with Crippen LogP contribution in [0.1, 0.15) is 16.8 Å². The normalized spacial score (nSPS) is 19.7. The molecule has 2 aliphatic rings. The van der Waals surface area contributed by atoms with E-state index in [4.69, 9.17) is 27.9 Å². The number of rotatable bonds is 4. The van der Waals surface area contributed by atoms with Gasteiger partial charge in [0.1, 0.15) is 11.7 Å². The molecule has 2 saturated heterocycles. The molecule has 1 aromatic heterocycles. The molecule has 0 bridgehead atoms. The largest absolute Gasteiger partial charge is 0.473 e. The fourth-order valence-corrected chi connectivity index (χ4v) is 4.98. The maximum atomic E-state index is 13.1. The first-order chi connectivity index (χ1) is 13.6. The lowest BCUT2D eigenvalue weighted by atomic mass is 10.2. The SMILES string of the molecule is O=C(c1cccnc1O[C@@H]1CCSC1)N1CCN(c2cccc(Cl)c2Cl)CC1. The lowest BCUT2D eigenvalue weighted by Gasteiger charge is -2.36. The number of benzene rings is 1. The molecule has 28 heavy (non-hydrogen) atoms. The molecule has 1 amide bonds. The minimum absolute atomic E-state index is 0.0365. The van der Waals surface area contributed by atoms with E-state index in [1.54, 1.807) is 24.4 Å². The summed E-state index contributed by atoms with van der Waals surface area (Å²) in [6, 6.07) is 9.21. The molecule has 1 aromatic carbocycles. The predicted octanol–water partition coefficient (Wildman–Crippen LogP) is 4.24. The molecular weight excluding hydrogens is 417 g/mol. The number of piperazine rings is 1. The van der Waals surface area contributed by atoms with Crippen LogP contribution in [0.4, 0.5) is 5.69 Å². The van der Waals surface area contributed by atoms with Crippen molar-refractivity contribution in [2.75, 3.05) is 42.6 Å². The van der Waals surface area contributed by atoms with Crippen molar-refractivity contribution in [3.05, 3.63) is 52.1 Å². The molecule has 2 aliphatic heterocycles. The van der Waals surface area contributed by atoms with Crippen molar-refractivity contribution in [1.29, 1.82) is 0 Å². The van der Waals surface area contributed by atoms with E-state index in [-0.39, 0.29) is 12.0 Å². The summed E-state index contributed by atoms with van der Waals surface area (Å²) in [4.78, 5) is 21.4. The number of carbonyl (C=O) groups is 1. The predicted molar refractivity (Wildman–Crippen MR) is 115 cm³/mol. The van der Waals surface area contributed by atoms with Gasteiger partial charge in [0.05, 0.1) is 15.7 Å². The summed E-state index contributed by atoms with van der Waals surface area (Å²) < 4.78 is 6.02. The van der Waals surface area contributed by atoms with Crippen molar-refractivity contribution in [2.24, 2.45) is 0 Å². The molecule has 5 nitrogen and oxygen atoms in total. The van der Waals surface area contributed by atoms with Gasteiger partial charge < -0.3 is 14.5 Å². The Balaban J connectivity index is 1.44. The van der Waals surface area contributed by atoms with Crippen molar-refractivity contribution in [1.82, 2.24) is 9.88 Å². The van der Waals surface area contributed by atoms with Crippen molar-refractivity contribution >= 4 is 46.6 Å². The zero-order chi connectivity index (χ0) is 19.5. The second-order valence-corrected chi connectivity index (χ2v) is 8.75. The van der Waals surface area contributed by atoms with E-state index in [1.165, 1.54) is 0 Å². The van der Waals surface area contributed by atoms with Crippen LogP contribution in [0, 0.1) is 0 Å². The Morgan fingerprint density at radius 2 is 1.96 bits per heavy atom. The smallest absolute Gasteiger partial charge is 0.259 e. The number of aromatic nitrogens is 1. The van der Waals surface area contributed by atoms with Gasteiger partial charge in [0.25, 0.3) is 5.91 Å². The number of pyridine rings is 1. The number of halogens is 2. The quantitative estimate of drug-likeness (QED) is 0.715. The average molecular weight is 438 g/mol. The van der Waals surface area contributed by atoms with Gasteiger partial charge in [-0.25, -0.2) is 4.98 Å². The second-order valence-electron chi connectivity index (χ2n) is 6.81. The van der Waals surface area contributed by atoms with Gasteiger partial charge in [0, 0.05) is 38.1 Å². The number of ether oxygens (including phenoxy) is 1. The zero-order valence-corrected chi connectivity index (χ0v) is 17.6. The topological polar surface area (TPSA) is 45.7 Å². The first-order valence-corrected chi connectivity index (χ1v) is 11.2. The number of carbonyl (C=O) groups excluding carboxylic acids is 1. The third-order valence-corrected chi connectivity index (χ3v) is 6.95. The van der Waals surface area contributed by atoms with Crippen LogP contribution in [0.2, 0.25) is 10.0 Å². The van der Waals surface area contributed by atoms with E-state index < -0.39 is 0 Å². The molecule has 4 rings (SSSR count). The molecule has 1 atom stereocenters. The minimum Gasteiger partial charge on any atom is -0.473 e. The summed E-state index contributed by atoms with van der Waals surface area (Å²) in [6.07, 6.45) is 2.80. The van der Waals surface area contributed by atoms with Crippen LogP contribution in [-0.4, -0.2) is 59.6 Å². The summed E-state index contributed by atoms with van der Waals surface area (Å²) >= 11 is 14.3. The van der Waals surface area contributed by atoms with Crippen molar-refractivity contribution in [2.45, 2.75) is 12.5 Å². The molecule has 0 spiro atoms. The molecule has 3 heterocycles. The molecule has 0 N–H and O–H groups in total. The Labute approximate surface area is 179 Å². The molecule has 148 valence electrons. The monoisotopic (exact) mass is 437 g/mol. The van der Waals surface area contributed by atoms with E-state index in [1.807, 2.05) is 28.8 Å². The Bertz CT molecular complexity index is 853. The molecule has 0 saturated carbocycles. The highest BCUT2D eigenvalue weighted by molar-refractivity contribution is 7.99. The zero-order valence-electron chi connectivity index (χ0n) is 15.3. The highest BCUT2D eigenvalue weighted by Crippen LogP contribution is 2.33. The Hall–Kier alpha value is -1.63. The molecule has 0 radical (unpaired) electrons. The van der Waals surface area contributed by atoms with Gasteiger partial charge in [-0.05, 0) is 36.4 Å². The highest BCUT2D eigenvalue weighted by atomic mass is 35.5. The fourth-order valence-electron chi connectivity index (χ4n) is 3.47. The lowest BCUT2D eigenvalue weighted by molar-refractivity contribution is 0.0738. The van der Waals surface area contributed by atoms with Crippen molar-refractivity contribution in [3.8, 4) is 5.88 Å². The number of amides is 1. The summed E-state index contributed by atoms with van der Waals surface area (Å²) in [6.45, 7) is 2.60. The van der Waals surface area contributed by atoms with Crippen LogP contribution < -0.4 is 9.64 Å². The van der Waals surface area contributed by atoms with Crippen LogP contribution in [0.15, 0.2) is 36.5 Å². The summed E-state index contributed by atoms with van der Waals surface area (Å²) in [5, 5.41) is 1.10. The molecule has 8 heteroatoms. The second kappa shape index (κ2) is 8.80. The first-order valence-electron chi connectivity index (χ1n) is 9.31. The van der Waals surface area contributed by atoms with Gasteiger partial charge >= 0.3 is 0 Å². The molecule has 2 fully saturated rings. The van der Waals surface area contributed by atoms with Gasteiger partial charge in [-0.2, -0.15) is 11.8 Å². The average Bonchev–Trinajstić information content (AvgIpc) is 3.23. The lowest BCUT2D eigenvalue weighted by Crippen LogP contribution is -2.49. The Kier molecular flexibility index (Phi) is 6.19. The fraction of sp³-hybridized carbons (Fsp3) is 0.400. The van der Waals surface area contributed by atoms with Crippen molar-refractivity contribution < 1.29 is 9.53 Å². The molecule has 2 aromatic rings. The van der Waals surface area contributed by atoms with Gasteiger partial charge in [0.15, 0.2) is 0 Å². The van der Waals surface area contributed by atoms with Crippen LogP contribution in [0.3, 0.4) is 0 Å². The summed E-state index contributed by atoms with van der Waals surface area (Å²) in [7, 11) is 0. The van der Waals surface area contributed by atoms with Gasteiger partial charge in [-0.15, -0.1) is 0 Å². The maximum Gasteiger partial charge on any atom is 0.259 e. The number of anilines is 1. The first kappa shape index (κ1) is 19.7. The summed E-state index contributed by atoms with van der Waals surface area (Å²) in [5.41, 5.74) is 1.44. The van der Waals surface area contributed by atoms with E-state index in [2.05, 4.69) is 9.88 Å². The van der Waals surface area contributed by atoms with Crippen LogP contribution in [-0.2, 0) is 0 Å². The molecular formula is C20H21Cl2N3O2S. The highest BCUT2D eigenvalue weighted by Gasteiger charge is 2.27. The minimum atomic E-state index is -0.0365. The van der Waals surface area contributed by atoms with Crippen LogP contribution in [0.5, 0.6) is 5.88 Å². The third-order valence-electron chi connectivity index (χ3n) is 5.01. The Morgan fingerprint density at radius 3 is 2.71 bits per heavy atom. The van der Waals surface area contributed by atoms with Gasteiger partial charge in [-0.3, -0.25) is 4.79 Å². The standard InChI is InChI=1S/C20H21Cl2N3O2S/c21-16-4-1-5-17(18(16)22)24-8-10-25(11-9-24)20(26)15-3-2-7-23-19(15)27-14-6-12-28-13-14/h1-5,7,14H,6,8-13H2/t14-/m1/s1. The molecule has 0 unspecified atom stereocenters. The third kappa shape index (κ3) is 4.19. The van der Waals surface area contributed by atoms with Crippen molar-refractivity contribution in [3.63, 3.8) is 0 Å². The van der Waals surface area contributed by atoms with E-state index >= 15 is 0 Å². The number of hydrogen-bond acceptors (Lipinski definition) is 5. The van der Waals surface area contributed by atoms with Gasteiger partial charge in [0.2, 0.25) is 5.88 Å². The number of nitrogens with zero attached hydrogens (tertiary/aromatic N) is 3. The van der Waals surface area contributed by atoms with Gasteiger partial charge in [-0.1, -0.05) is 29.3 Å². The number of hydrogen-bond donors (Lipinski definition) is 0. The molecule has 0 aliphatic carbocycles. The summed E-state index contributed by atoms with van der Waals surface area (Å²) in [5.74, 6) is 2.45. The number of thioether (sulfide) groups is 1. The Morgan fingerprint density at radius 1 is 1.14 bits per heavy atom. The van der Waals surface area contributed by atoms with E-state index in [0.29, 0.717) is 47.7 Å². The van der Waals surface area contributed by atoms with E-state index in [9.17, 15) is 4.79 Å². The maximum absolute atomic E-state index is 13.1. The van der Waals surface area contributed by atoms with Crippen LogP contribution >= 0.6 is 35.0 Å².